The molecule has 0 amide bonds. The first-order chi connectivity index (χ1) is 5.49. The number of carbonyl (C=O) groups excluding carboxylic acids is 1. The van der Waals surface area contributed by atoms with Gasteiger partial charge in [0.2, 0.25) is 0 Å². The van der Waals surface area contributed by atoms with Crippen molar-refractivity contribution >= 4 is 12.9 Å². The van der Waals surface area contributed by atoms with Crippen LogP contribution in [0.5, 0.6) is 0 Å². The van der Waals surface area contributed by atoms with Gasteiger partial charge in [-0.25, -0.2) is 0 Å². The summed E-state index contributed by atoms with van der Waals surface area (Å²) in [6, 6.07) is 0. The standard InChI is InChI=1S/C8H13BO3/c1-6-4-3-5-7(10)8(6,2)9(11)12/h3-4,6,11-12H,5H2,1-2H3. The Bertz CT molecular complexity index is 224. The molecule has 0 saturated carbocycles. The van der Waals surface area contributed by atoms with Crippen LogP contribution in [0.25, 0.3) is 0 Å². The smallest absolute Gasteiger partial charge is 0.426 e. The van der Waals surface area contributed by atoms with Crippen LogP contribution in [-0.2, 0) is 4.79 Å². The van der Waals surface area contributed by atoms with Gasteiger partial charge in [0.1, 0.15) is 5.78 Å². The minimum Gasteiger partial charge on any atom is -0.426 e. The van der Waals surface area contributed by atoms with Gasteiger partial charge < -0.3 is 10.0 Å². The normalized spacial score (nSPS) is 35.3. The van der Waals surface area contributed by atoms with Crippen molar-refractivity contribution in [1.29, 1.82) is 0 Å². The SMILES string of the molecule is CC1C=CCC(=O)C1(C)B(O)O. The van der Waals surface area contributed by atoms with Crippen LogP contribution in [0.1, 0.15) is 20.3 Å². The van der Waals surface area contributed by atoms with Gasteiger partial charge in [0.15, 0.2) is 0 Å². The number of rotatable bonds is 1. The van der Waals surface area contributed by atoms with Gasteiger partial charge in [-0.15, -0.1) is 0 Å². The Labute approximate surface area is 72.2 Å². The minimum atomic E-state index is -1.56. The average Bonchev–Trinajstić information content (AvgIpc) is 1.99. The molecule has 0 aromatic rings. The Morgan fingerprint density at radius 3 is 2.58 bits per heavy atom. The summed E-state index contributed by atoms with van der Waals surface area (Å²) in [7, 11) is -1.56. The van der Waals surface area contributed by atoms with Crippen LogP contribution in [0.2, 0.25) is 5.31 Å². The largest absolute Gasteiger partial charge is 0.466 e. The molecule has 0 spiro atoms. The number of Topliss-reactive ketones (excluding diaryl/α,β-unsaturated/α-hetero) is 1. The van der Waals surface area contributed by atoms with Gasteiger partial charge in [0.25, 0.3) is 0 Å². The number of carbonyl (C=O) groups is 1. The van der Waals surface area contributed by atoms with Crippen molar-refractivity contribution in [3.8, 4) is 0 Å². The fourth-order valence-corrected chi connectivity index (χ4v) is 1.43. The average molecular weight is 168 g/mol. The summed E-state index contributed by atoms with van der Waals surface area (Å²) in [6.45, 7) is 3.40. The Morgan fingerprint density at radius 2 is 2.25 bits per heavy atom. The molecule has 3 nitrogen and oxygen atoms in total. The maximum Gasteiger partial charge on any atom is 0.466 e. The molecule has 1 aliphatic carbocycles. The Balaban J connectivity index is 2.99. The van der Waals surface area contributed by atoms with Gasteiger partial charge in [-0.2, -0.15) is 0 Å². The lowest BCUT2D eigenvalue weighted by molar-refractivity contribution is -0.122. The van der Waals surface area contributed by atoms with Crippen LogP contribution in [0.15, 0.2) is 12.2 Å². The zero-order chi connectivity index (χ0) is 9.35. The lowest BCUT2D eigenvalue weighted by Gasteiger charge is -2.33. The van der Waals surface area contributed by atoms with Crippen molar-refractivity contribution in [2.45, 2.75) is 25.6 Å². The molecule has 1 aliphatic rings. The molecule has 0 radical (unpaired) electrons. The van der Waals surface area contributed by atoms with Crippen molar-refractivity contribution in [2.75, 3.05) is 0 Å². The zero-order valence-corrected chi connectivity index (χ0v) is 7.32. The first-order valence-electron chi connectivity index (χ1n) is 4.05. The second-order valence-corrected chi connectivity index (χ2v) is 3.50. The molecule has 0 heterocycles. The molecule has 0 aromatic carbocycles. The van der Waals surface area contributed by atoms with E-state index in [-0.39, 0.29) is 11.7 Å². The quantitative estimate of drug-likeness (QED) is 0.439. The molecule has 12 heavy (non-hydrogen) atoms. The minimum absolute atomic E-state index is 0.104. The highest BCUT2D eigenvalue weighted by atomic mass is 16.4. The van der Waals surface area contributed by atoms with Gasteiger partial charge in [-0.3, -0.25) is 4.79 Å². The lowest BCUT2D eigenvalue weighted by atomic mass is 9.49. The topological polar surface area (TPSA) is 57.5 Å². The molecule has 0 aromatic heterocycles. The van der Waals surface area contributed by atoms with Crippen LogP contribution < -0.4 is 0 Å². The molecule has 0 saturated heterocycles. The van der Waals surface area contributed by atoms with Gasteiger partial charge >= 0.3 is 7.12 Å². The second kappa shape index (κ2) is 3.03. The highest BCUT2D eigenvalue weighted by Crippen LogP contribution is 2.42. The number of hydrogen-bond acceptors (Lipinski definition) is 3. The van der Waals surface area contributed by atoms with Crippen molar-refractivity contribution < 1.29 is 14.8 Å². The van der Waals surface area contributed by atoms with Gasteiger partial charge in [-0.05, 0) is 5.92 Å². The molecular formula is C8H13BO3. The monoisotopic (exact) mass is 168 g/mol. The summed E-state index contributed by atoms with van der Waals surface area (Å²) in [4.78, 5) is 11.4. The van der Waals surface area contributed by atoms with E-state index in [1.165, 1.54) is 0 Å². The van der Waals surface area contributed by atoms with E-state index in [0.717, 1.165) is 0 Å². The Morgan fingerprint density at radius 1 is 1.67 bits per heavy atom. The fraction of sp³-hybridized carbons (Fsp3) is 0.625. The van der Waals surface area contributed by atoms with Crippen molar-refractivity contribution in [3.63, 3.8) is 0 Å². The zero-order valence-electron chi connectivity index (χ0n) is 7.32. The summed E-state index contributed by atoms with van der Waals surface area (Å²) in [5.41, 5.74) is 0. The van der Waals surface area contributed by atoms with Crippen LogP contribution in [0.4, 0.5) is 0 Å². The van der Waals surface area contributed by atoms with Crippen molar-refractivity contribution in [1.82, 2.24) is 0 Å². The summed E-state index contributed by atoms with van der Waals surface area (Å²) < 4.78 is 0. The molecule has 2 N–H and O–H groups in total. The number of allylic oxidation sites excluding steroid dienone is 2. The van der Waals surface area contributed by atoms with Gasteiger partial charge in [-0.1, -0.05) is 26.0 Å². The first-order valence-corrected chi connectivity index (χ1v) is 4.05. The summed E-state index contributed by atoms with van der Waals surface area (Å²) in [6.07, 6.45) is 3.93. The molecule has 0 bridgehead atoms. The van der Waals surface area contributed by atoms with E-state index in [0.29, 0.717) is 6.42 Å². The summed E-state index contributed by atoms with van der Waals surface area (Å²) >= 11 is 0. The van der Waals surface area contributed by atoms with E-state index in [1.807, 2.05) is 13.0 Å². The predicted molar refractivity (Wildman–Crippen MR) is 46.5 cm³/mol. The molecule has 4 heteroatoms. The molecule has 66 valence electrons. The molecule has 0 fully saturated rings. The second-order valence-electron chi connectivity index (χ2n) is 3.50. The Kier molecular flexibility index (Phi) is 2.40. The van der Waals surface area contributed by atoms with Crippen LogP contribution in [0.3, 0.4) is 0 Å². The van der Waals surface area contributed by atoms with Crippen LogP contribution in [-0.4, -0.2) is 22.9 Å². The molecule has 2 atom stereocenters. The van der Waals surface area contributed by atoms with Crippen LogP contribution >= 0.6 is 0 Å². The predicted octanol–water partition coefficient (Wildman–Crippen LogP) is 0.385. The van der Waals surface area contributed by atoms with E-state index in [4.69, 9.17) is 10.0 Å². The maximum atomic E-state index is 11.4. The maximum absolute atomic E-state index is 11.4. The third-order valence-electron chi connectivity index (χ3n) is 2.81. The Hall–Kier alpha value is -0.605. The highest BCUT2D eigenvalue weighted by Gasteiger charge is 2.48. The van der Waals surface area contributed by atoms with E-state index in [2.05, 4.69) is 0 Å². The number of ketones is 1. The van der Waals surface area contributed by atoms with Crippen molar-refractivity contribution in [3.05, 3.63) is 12.2 Å². The van der Waals surface area contributed by atoms with E-state index >= 15 is 0 Å². The van der Waals surface area contributed by atoms with E-state index < -0.39 is 12.4 Å². The molecule has 0 aliphatic heterocycles. The van der Waals surface area contributed by atoms with Crippen LogP contribution in [0, 0.1) is 5.92 Å². The molecule has 2 unspecified atom stereocenters. The fourth-order valence-electron chi connectivity index (χ4n) is 1.43. The summed E-state index contributed by atoms with van der Waals surface area (Å²) in [5.74, 6) is -0.216. The first kappa shape index (κ1) is 9.48. The third kappa shape index (κ3) is 1.21. The van der Waals surface area contributed by atoms with Crippen molar-refractivity contribution in [2.24, 2.45) is 5.92 Å². The van der Waals surface area contributed by atoms with E-state index in [9.17, 15) is 4.79 Å². The highest BCUT2D eigenvalue weighted by molar-refractivity contribution is 6.52. The number of hydrogen-bond donors (Lipinski definition) is 2. The van der Waals surface area contributed by atoms with Gasteiger partial charge in [0.05, 0.1) is 5.31 Å². The molecular weight excluding hydrogens is 155 g/mol. The van der Waals surface area contributed by atoms with E-state index in [1.54, 1.807) is 13.0 Å². The summed E-state index contributed by atoms with van der Waals surface area (Å²) in [5, 5.41) is 17.1. The third-order valence-corrected chi connectivity index (χ3v) is 2.81. The molecule has 1 rings (SSSR count). The lowest BCUT2D eigenvalue weighted by Crippen LogP contribution is -2.42. The van der Waals surface area contributed by atoms with Gasteiger partial charge in [0, 0.05) is 6.42 Å².